The quantitative estimate of drug-likeness (QED) is 0.592. The molecule has 1 aliphatic rings. The van der Waals surface area contributed by atoms with E-state index in [4.69, 9.17) is 0 Å². The fourth-order valence-electron chi connectivity index (χ4n) is 1.77. The summed E-state index contributed by atoms with van der Waals surface area (Å²) < 4.78 is 0. The highest BCUT2D eigenvalue weighted by Gasteiger charge is 2.08. The molecule has 0 fully saturated rings. The van der Waals surface area contributed by atoms with Crippen LogP contribution in [0.15, 0.2) is 29.8 Å². The molecule has 0 amide bonds. The van der Waals surface area contributed by atoms with Crippen LogP contribution in [0.4, 0.5) is 0 Å². The van der Waals surface area contributed by atoms with Gasteiger partial charge in [-0.15, -0.1) is 0 Å². The first-order valence-corrected chi connectivity index (χ1v) is 7.27. The molecule has 0 bridgehead atoms. The van der Waals surface area contributed by atoms with E-state index < -0.39 is 0 Å². The van der Waals surface area contributed by atoms with Gasteiger partial charge in [0.15, 0.2) is 0 Å². The third-order valence-electron chi connectivity index (χ3n) is 2.26. The second kappa shape index (κ2) is 3.42. The van der Waals surface area contributed by atoms with Crippen LogP contribution in [-0.4, -0.2) is 14.1 Å². The van der Waals surface area contributed by atoms with E-state index in [1.165, 1.54) is 16.7 Å². The van der Waals surface area contributed by atoms with Crippen LogP contribution in [-0.2, 0) is 6.42 Å². The maximum absolute atomic E-state index is 2.45. The van der Waals surface area contributed by atoms with Crippen molar-refractivity contribution in [3.05, 3.63) is 41.0 Å². The third-order valence-corrected chi connectivity index (χ3v) is 3.21. The van der Waals surface area contributed by atoms with E-state index in [1.807, 2.05) is 0 Å². The summed E-state index contributed by atoms with van der Waals surface area (Å²) in [6.45, 7) is 4.66. The predicted molar refractivity (Wildman–Crippen MR) is 61.7 cm³/mol. The van der Waals surface area contributed by atoms with Crippen molar-refractivity contribution in [1.29, 1.82) is 0 Å². The molecule has 0 saturated heterocycles. The SMILES string of the molecule is C[Si](C)=CC1=Cc2ccccc2C1. The lowest BCUT2D eigenvalue weighted by molar-refractivity contribution is 1.28. The van der Waals surface area contributed by atoms with Gasteiger partial charge in [-0.2, -0.15) is 0 Å². The van der Waals surface area contributed by atoms with Gasteiger partial charge in [-0.25, -0.2) is 0 Å². The molecule has 0 aliphatic heterocycles. The Kier molecular flexibility index (Phi) is 2.27. The van der Waals surface area contributed by atoms with Gasteiger partial charge in [-0.3, -0.25) is 0 Å². The van der Waals surface area contributed by atoms with Crippen LogP contribution >= 0.6 is 0 Å². The van der Waals surface area contributed by atoms with E-state index in [9.17, 15) is 0 Å². The van der Waals surface area contributed by atoms with Gasteiger partial charge in [0, 0.05) is 8.41 Å². The average Bonchev–Trinajstić information content (AvgIpc) is 2.44. The lowest BCUT2D eigenvalue weighted by Gasteiger charge is -1.95. The van der Waals surface area contributed by atoms with Crippen LogP contribution in [0.2, 0.25) is 13.1 Å². The first-order valence-electron chi connectivity index (χ1n) is 4.69. The minimum Gasteiger partial charge on any atom is -0.0788 e. The second-order valence-corrected chi connectivity index (χ2v) is 6.26. The minimum atomic E-state index is -0.228. The predicted octanol–water partition coefficient (Wildman–Crippen LogP) is 2.76. The van der Waals surface area contributed by atoms with E-state index >= 15 is 0 Å². The van der Waals surface area contributed by atoms with Crippen LogP contribution in [0.5, 0.6) is 0 Å². The van der Waals surface area contributed by atoms with Crippen LogP contribution in [0, 0.1) is 0 Å². The average molecular weight is 186 g/mol. The van der Waals surface area contributed by atoms with Crippen molar-refractivity contribution in [1.82, 2.24) is 0 Å². The molecule has 0 unspecified atom stereocenters. The first kappa shape index (κ1) is 8.64. The Morgan fingerprint density at radius 2 is 2.00 bits per heavy atom. The Bertz CT molecular complexity index is 382. The molecule has 1 aliphatic carbocycles. The smallest absolute Gasteiger partial charge is 0.00358 e. The molecule has 0 heterocycles. The van der Waals surface area contributed by atoms with E-state index in [-0.39, 0.29) is 8.41 Å². The highest BCUT2D eigenvalue weighted by atomic mass is 28.2. The molecule has 0 spiro atoms. The zero-order valence-electron chi connectivity index (χ0n) is 8.17. The fourth-order valence-corrected chi connectivity index (χ4v) is 2.70. The summed E-state index contributed by atoms with van der Waals surface area (Å²) in [6.07, 6.45) is 3.47. The maximum Gasteiger partial charge on any atom is 0.00358 e. The lowest BCUT2D eigenvalue weighted by Crippen LogP contribution is -1.95. The van der Waals surface area contributed by atoms with Crippen LogP contribution in [0.3, 0.4) is 0 Å². The summed E-state index contributed by atoms with van der Waals surface area (Å²) in [7, 11) is -0.228. The molecule has 0 atom stereocenters. The monoisotopic (exact) mass is 186 g/mol. The van der Waals surface area contributed by atoms with Crippen LogP contribution < -0.4 is 0 Å². The van der Waals surface area contributed by atoms with E-state index in [1.54, 1.807) is 0 Å². The molecule has 0 radical (unpaired) electrons. The summed E-state index contributed by atoms with van der Waals surface area (Å²) in [4.78, 5) is 0. The van der Waals surface area contributed by atoms with Crippen LogP contribution in [0.1, 0.15) is 11.1 Å². The van der Waals surface area contributed by atoms with Crippen molar-refractivity contribution in [3.8, 4) is 0 Å². The van der Waals surface area contributed by atoms with Crippen molar-refractivity contribution >= 4 is 20.2 Å². The summed E-state index contributed by atoms with van der Waals surface area (Å²) >= 11 is 0. The Morgan fingerprint density at radius 3 is 2.69 bits per heavy atom. The Morgan fingerprint density at radius 1 is 1.23 bits per heavy atom. The van der Waals surface area contributed by atoms with Crippen LogP contribution in [0.25, 0.3) is 6.08 Å². The second-order valence-electron chi connectivity index (χ2n) is 3.82. The number of allylic oxidation sites excluding steroid dienone is 1. The molecular formula is C12H14Si. The summed E-state index contributed by atoms with van der Waals surface area (Å²) in [5, 5.41) is 0. The maximum atomic E-state index is 2.45. The van der Waals surface area contributed by atoms with E-state index in [0.29, 0.717) is 0 Å². The fraction of sp³-hybridized carbons (Fsp3) is 0.250. The van der Waals surface area contributed by atoms with Gasteiger partial charge in [0.25, 0.3) is 0 Å². The van der Waals surface area contributed by atoms with Crippen molar-refractivity contribution in [2.24, 2.45) is 0 Å². The molecule has 0 saturated carbocycles. The van der Waals surface area contributed by atoms with Gasteiger partial charge in [0.1, 0.15) is 0 Å². The summed E-state index contributed by atoms with van der Waals surface area (Å²) in [5.41, 5.74) is 6.86. The van der Waals surface area contributed by atoms with E-state index in [2.05, 4.69) is 49.1 Å². The lowest BCUT2D eigenvalue weighted by atomic mass is 10.1. The normalized spacial score (nSPS) is 13.5. The zero-order chi connectivity index (χ0) is 9.26. The largest absolute Gasteiger partial charge is 0.0788 e. The highest BCUT2D eigenvalue weighted by Crippen LogP contribution is 2.23. The van der Waals surface area contributed by atoms with Crippen molar-refractivity contribution in [3.63, 3.8) is 0 Å². The molecular weight excluding hydrogens is 172 g/mol. The molecule has 13 heavy (non-hydrogen) atoms. The molecule has 1 aromatic rings. The van der Waals surface area contributed by atoms with Gasteiger partial charge < -0.3 is 0 Å². The van der Waals surface area contributed by atoms with Gasteiger partial charge >= 0.3 is 0 Å². The molecule has 0 aromatic heterocycles. The minimum absolute atomic E-state index is 0.228. The van der Waals surface area contributed by atoms with Crippen molar-refractivity contribution in [2.45, 2.75) is 19.5 Å². The Hall–Kier alpha value is -0.953. The number of benzene rings is 1. The van der Waals surface area contributed by atoms with Gasteiger partial charge in [0.2, 0.25) is 0 Å². The van der Waals surface area contributed by atoms with Crippen molar-refractivity contribution < 1.29 is 0 Å². The van der Waals surface area contributed by atoms with Gasteiger partial charge in [0.05, 0.1) is 0 Å². The zero-order valence-corrected chi connectivity index (χ0v) is 9.17. The standard InChI is InChI=1S/C12H14Si/c1-13(2)9-10-7-11-5-3-4-6-12(11)8-10/h3-7,9H,8H2,1-2H3. The molecule has 1 aromatic carbocycles. The Balaban J connectivity index is 2.31. The number of fused-ring (bicyclic) bond motifs is 1. The third kappa shape index (κ3) is 1.86. The summed E-state index contributed by atoms with van der Waals surface area (Å²) in [5.74, 6) is 0. The molecule has 2 rings (SSSR count). The molecule has 0 nitrogen and oxygen atoms in total. The molecule has 66 valence electrons. The van der Waals surface area contributed by atoms with Gasteiger partial charge in [-0.1, -0.05) is 49.1 Å². The topological polar surface area (TPSA) is 0 Å². The number of rotatable bonds is 1. The molecule has 1 heteroatoms. The first-order chi connectivity index (χ1) is 6.25. The number of hydrogen-bond acceptors (Lipinski definition) is 0. The number of hydrogen-bond donors (Lipinski definition) is 0. The Labute approximate surface area is 81.1 Å². The van der Waals surface area contributed by atoms with Crippen molar-refractivity contribution in [2.75, 3.05) is 0 Å². The summed E-state index contributed by atoms with van der Waals surface area (Å²) in [6, 6.07) is 8.67. The van der Waals surface area contributed by atoms with E-state index in [0.717, 1.165) is 6.42 Å². The molecule has 0 N–H and O–H groups in total. The van der Waals surface area contributed by atoms with Gasteiger partial charge in [-0.05, 0) is 23.1 Å². The highest BCUT2D eigenvalue weighted by molar-refractivity contribution is 6.66.